The predicted octanol–water partition coefficient (Wildman–Crippen LogP) is 4.46. The van der Waals surface area contributed by atoms with Crippen molar-refractivity contribution in [1.29, 1.82) is 0 Å². The molecule has 20 heavy (non-hydrogen) atoms. The molecule has 2 N–H and O–H groups in total. The molecular weight excluding hydrogens is 246 g/mol. The zero-order valence-corrected chi connectivity index (χ0v) is 13.2. The maximum Gasteiger partial charge on any atom is 0.147 e. The third-order valence-electron chi connectivity index (χ3n) is 3.41. The zero-order valence-electron chi connectivity index (χ0n) is 13.2. The van der Waals surface area contributed by atoms with E-state index in [0.29, 0.717) is 5.84 Å². The molecule has 1 aliphatic rings. The summed E-state index contributed by atoms with van der Waals surface area (Å²) < 4.78 is 0. The van der Waals surface area contributed by atoms with Crippen LogP contribution in [0.15, 0.2) is 52.6 Å². The van der Waals surface area contributed by atoms with Crippen LogP contribution in [0.5, 0.6) is 0 Å². The molecular formula is C17H27N3. The fourth-order valence-electron chi connectivity index (χ4n) is 2.27. The minimum absolute atomic E-state index is 0.579. The lowest BCUT2D eigenvalue weighted by Gasteiger charge is -2.33. The zero-order chi connectivity index (χ0) is 15.1. The Hall–Kier alpha value is -1.77. The SMILES string of the molecule is C=C(CCCC)N1C(C)=CN=C(N)C1=C(C)CC=CC. The molecule has 0 atom stereocenters. The van der Waals surface area contributed by atoms with E-state index in [1.807, 2.05) is 13.1 Å². The Bertz CT molecular complexity index is 478. The van der Waals surface area contributed by atoms with Crippen LogP contribution in [-0.2, 0) is 0 Å². The van der Waals surface area contributed by atoms with E-state index in [2.05, 4.69) is 49.4 Å². The van der Waals surface area contributed by atoms with Gasteiger partial charge in [0.25, 0.3) is 0 Å². The standard InChI is InChI=1S/C17H27N3/c1-6-8-10-13(3)16-17(18)19-12-15(5)20(16)14(4)11-9-7-2/h6,8,12H,4,7,9-11H2,1-3,5H3,(H2,18,19). The van der Waals surface area contributed by atoms with Crippen LogP contribution < -0.4 is 5.73 Å². The number of allylic oxidation sites excluding steroid dienone is 5. The van der Waals surface area contributed by atoms with Crippen molar-refractivity contribution in [1.82, 2.24) is 4.90 Å². The molecule has 1 aliphatic heterocycles. The quantitative estimate of drug-likeness (QED) is 0.726. The van der Waals surface area contributed by atoms with Gasteiger partial charge < -0.3 is 10.6 Å². The molecule has 0 amide bonds. The maximum atomic E-state index is 6.11. The van der Waals surface area contributed by atoms with E-state index in [4.69, 9.17) is 5.73 Å². The van der Waals surface area contributed by atoms with Gasteiger partial charge in [0, 0.05) is 17.6 Å². The number of amidine groups is 1. The fourth-order valence-corrected chi connectivity index (χ4v) is 2.27. The van der Waals surface area contributed by atoms with Crippen LogP contribution in [0.25, 0.3) is 0 Å². The van der Waals surface area contributed by atoms with E-state index < -0.39 is 0 Å². The van der Waals surface area contributed by atoms with Crippen LogP contribution >= 0.6 is 0 Å². The fraction of sp³-hybridized carbons (Fsp3) is 0.471. The van der Waals surface area contributed by atoms with Crippen molar-refractivity contribution in [2.45, 2.75) is 53.4 Å². The molecule has 0 aromatic heterocycles. The molecule has 0 fully saturated rings. The third-order valence-corrected chi connectivity index (χ3v) is 3.41. The summed E-state index contributed by atoms with van der Waals surface area (Å²) in [6.07, 6.45) is 10.2. The number of hydrogen-bond donors (Lipinski definition) is 1. The molecule has 0 saturated carbocycles. The number of unbranched alkanes of at least 4 members (excludes halogenated alkanes) is 1. The highest BCUT2D eigenvalue weighted by molar-refractivity contribution is 5.98. The van der Waals surface area contributed by atoms with Gasteiger partial charge in [0.1, 0.15) is 5.84 Å². The molecule has 3 heteroatoms. The number of aliphatic imine (C=N–C) groups is 1. The van der Waals surface area contributed by atoms with Gasteiger partial charge in [0.15, 0.2) is 0 Å². The molecule has 0 aliphatic carbocycles. The molecule has 0 bridgehead atoms. The molecule has 1 heterocycles. The third kappa shape index (κ3) is 3.86. The Morgan fingerprint density at radius 1 is 1.50 bits per heavy atom. The molecule has 0 saturated heterocycles. The molecule has 0 aromatic rings. The normalized spacial score (nSPS) is 18.1. The summed E-state index contributed by atoms with van der Waals surface area (Å²) in [4.78, 5) is 6.47. The first-order valence-electron chi connectivity index (χ1n) is 7.32. The molecule has 110 valence electrons. The van der Waals surface area contributed by atoms with Crippen LogP contribution in [0.2, 0.25) is 0 Å². The van der Waals surface area contributed by atoms with E-state index in [9.17, 15) is 0 Å². The summed E-state index contributed by atoms with van der Waals surface area (Å²) in [5.41, 5.74) is 10.5. The molecule has 3 nitrogen and oxygen atoms in total. The average molecular weight is 273 g/mol. The van der Waals surface area contributed by atoms with Crippen molar-refractivity contribution in [2.75, 3.05) is 0 Å². The van der Waals surface area contributed by atoms with Crippen LogP contribution in [0, 0.1) is 0 Å². The number of hydrogen-bond acceptors (Lipinski definition) is 3. The lowest BCUT2D eigenvalue weighted by Crippen LogP contribution is -2.33. The smallest absolute Gasteiger partial charge is 0.147 e. The highest BCUT2D eigenvalue weighted by Crippen LogP contribution is 2.28. The van der Waals surface area contributed by atoms with Gasteiger partial charge in [-0.15, -0.1) is 0 Å². The maximum absolute atomic E-state index is 6.11. The van der Waals surface area contributed by atoms with Gasteiger partial charge in [-0.25, -0.2) is 4.99 Å². The van der Waals surface area contributed by atoms with Gasteiger partial charge in [-0.1, -0.05) is 32.1 Å². The Balaban J connectivity index is 3.12. The average Bonchev–Trinajstić information content (AvgIpc) is 2.44. The molecule has 0 radical (unpaired) electrons. The van der Waals surface area contributed by atoms with Crippen molar-refractivity contribution in [3.63, 3.8) is 0 Å². The molecule has 0 spiro atoms. The van der Waals surface area contributed by atoms with Gasteiger partial charge in [-0.05, 0) is 45.6 Å². The van der Waals surface area contributed by atoms with E-state index in [1.54, 1.807) is 0 Å². The second kappa shape index (κ2) is 7.73. The van der Waals surface area contributed by atoms with Crippen molar-refractivity contribution in [3.05, 3.63) is 47.6 Å². The Morgan fingerprint density at radius 2 is 2.20 bits per heavy atom. The highest BCUT2D eigenvalue weighted by atomic mass is 15.2. The van der Waals surface area contributed by atoms with Crippen LogP contribution in [0.1, 0.15) is 53.4 Å². The van der Waals surface area contributed by atoms with E-state index in [1.165, 1.54) is 5.57 Å². The Kier molecular flexibility index (Phi) is 6.29. The highest BCUT2D eigenvalue weighted by Gasteiger charge is 2.22. The van der Waals surface area contributed by atoms with Crippen molar-refractivity contribution >= 4 is 5.84 Å². The first kappa shape index (κ1) is 16.3. The van der Waals surface area contributed by atoms with Crippen molar-refractivity contribution < 1.29 is 0 Å². The second-order valence-electron chi connectivity index (χ2n) is 5.19. The Labute approximate surface area is 123 Å². The van der Waals surface area contributed by atoms with Gasteiger partial charge >= 0.3 is 0 Å². The van der Waals surface area contributed by atoms with E-state index >= 15 is 0 Å². The monoisotopic (exact) mass is 273 g/mol. The van der Waals surface area contributed by atoms with Gasteiger partial charge in [-0.2, -0.15) is 0 Å². The summed E-state index contributed by atoms with van der Waals surface area (Å²) in [6.45, 7) is 12.6. The van der Waals surface area contributed by atoms with Crippen LogP contribution in [0.3, 0.4) is 0 Å². The Morgan fingerprint density at radius 3 is 2.80 bits per heavy atom. The first-order chi connectivity index (χ1) is 9.52. The summed E-state index contributed by atoms with van der Waals surface area (Å²) >= 11 is 0. The number of nitrogens with zero attached hydrogens (tertiary/aromatic N) is 2. The van der Waals surface area contributed by atoms with E-state index in [-0.39, 0.29) is 0 Å². The predicted molar refractivity (Wildman–Crippen MR) is 88.0 cm³/mol. The van der Waals surface area contributed by atoms with Gasteiger partial charge in [-0.3, -0.25) is 0 Å². The van der Waals surface area contributed by atoms with Crippen molar-refractivity contribution in [3.8, 4) is 0 Å². The summed E-state index contributed by atoms with van der Waals surface area (Å²) in [7, 11) is 0. The summed E-state index contributed by atoms with van der Waals surface area (Å²) in [6, 6.07) is 0. The molecule has 0 unspecified atom stereocenters. The number of nitrogens with two attached hydrogens (primary N) is 1. The molecule has 0 aromatic carbocycles. The minimum atomic E-state index is 0.579. The van der Waals surface area contributed by atoms with Gasteiger partial charge in [0.05, 0.1) is 5.70 Å². The first-order valence-corrected chi connectivity index (χ1v) is 7.32. The lowest BCUT2D eigenvalue weighted by atomic mass is 10.1. The second-order valence-corrected chi connectivity index (χ2v) is 5.19. The largest absolute Gasteiger partial charge is 0.382 e. The topological polar surface area (TPSA) is 41.6 Å². The van der Waals surface area contributed by atoms with Crippen LogP contribution in [-0.4, -0.2) is 10.7 Å². The van der Waals surface area contributed by atoms with Gasteiger partial charge in [0.2, 0.25) is 0 Å². The van der Waals surface area contributed by atoms with E-state index in [0.717, 1.165) is 42.8 Å². The summed E-state index contributed by atoms with van der Waals surface area (Å²) in [5.74, 6) is 0.579. The van der Waals surface area contributed by atoms with Crippen molar-refractivity contribution in [2.24, 2.45) is 10.7 Å². The summed E-state index contributed by atoms with van der Waals surface area (Å²) in [5, 5.41) is 0. The minimum Gasteiger partial charge on any atom is -0.382 e. The molecule has 1 rings (SSSR count). The number of rotatable bonds is 6. The lowest BCUT2D eigenvalue weighted by molar-refractivity contribution is 0.503. The van der Waals surface area contributed by atoms with Crippen LogP contribution in [0.4, 0.5) is 0 Å².